The molecule has 0 aromatic carbocycles. The first-order valence-corrected chi connectivity index (χ1v) is 15.7. The van der Waals surface area contributed by atoms with Crippen molar-refractivity contribution in [1.82, 2.24) is 0 Å². The Morgan fingerprint density at radius 1 is 1.07 bits per heavy atom. The average molecular weight is 577 g/mol. The van der Waals surface area contributed by atoms with Crippen molar-refractivity contribution in [2.24, 2.45) is 34.5 Å². The van der Waals surface area contributed by atoms with Gasteiger partial charge in [0.15, 0.2) is 6.29 Å². The zero-order valence-corrected chi connectivity index (χ0v) is 25.2. The zero-order chi connectivity index (χ0) is 29.3. The van der Waals surface area contributed by atoms with Crippen molar-refractivity contribution in [3.63, 3.8) is 0 Å². The molecule has 6 aliphatic rings. The summed E-state index contributed by atoms with van der Waals surface area (Å²) < 4.78 is 29.1. The van der Waals surface area contributed by atoms with Crippen LogP contribution < -0.4 is 0 Å². The second-order valence-corrected chi connectivity index (χ2v) is 14.3. The lowest BCUT2D eigenvalue weighted by Crippen LogP contribution is -2.62. The summed E-state index contributed by atoms with van der Waals surface area (Å²) in [7, 11) is 1.62. The second kappa shape index (κ2) is 10.6. The SMILES string of the molecule is CO[C@@H]1C[C@@H](O[C@@H]2CC[C@]3(C)C(CC[C@H]4[C@H]3CC[C@@]3(C)[C@H](C5=CC(=O)OC5)[C@H](OC(C)=O)C[C@@]43O)C2)O[C@H](C)[C@H]1O. The number of methoxy groups -OCH3 is 1. The molecule has 0 bridgehead atoms. The van der Waals surface area contributed by atoms with Crippen LogP contribution in [0.2, 0.25) is 0 Å². The summed E-state index contributed by atoms with van der Waals surface area (Å²) in [4.78, 5) is 24.2. The highest BCUT2D eigenvalue weighted by Crippen LogP contribution is 2.70. The number of fused-ring (bicyclic) bond motifs is 5. The van der Waals surface area contributed by atoms with Gasteiger partial charge >= 0.3 is 11.9 Å². The van der Waals surface area contributed by atoms with Crippen molar-refractivity contribution in [2.45, 2.75) is 128 Å². The number of hydrogen-bond donors (Lipinski definition) is 2. The van der Waals surface area contributed by atoms with E-state index in [9.17, 15) is 19.8 Å². The molecule has 41 heavy (non-hydrogen) atoms. The Kier molecular flexibility index (Phi) is 7.62. The van der Waals surface area contributed by atoms with Gasteiger partial charge in [0, 0.05) is 44.3 Å². The van der Waals surface area contributed by atoms with Crippen molar-refractivity contribution >= 4 is 11.9 Å². The van der Waals surface area contributed by atoms with Crippen molar-refractivity contribution in [1.29, 1.82) is 0 Å². The smallest absolute Gasteiger partial charge is 0.331 e. The lowest BCUT2D eigenvalue weighted by Gasteiger charge is -2.63. The van der Waals surface area contributed by atoms with Gasteiger partial charge in [-0.05, 0) is 80.6 Å². The number of carbonyl (C=O) groups excluding carboxylic acids is 2. The Morgan fingerprint density at radius 2 is 1.85 bits per heavy atom. The molecule has 1 saturated heterocycles. The van der Waals surface area contributed by atoms with Gasteiger partial charge < -0.3 is 33.9 Å². The number of esters is 2. The maximum Gasteiger partial charge on any atom is 0.331 e. The summed E-state index contributed by atoms with van der Waals surface area (Å²) in [6.07, 6.45) is 7.14. The van der Waals surface area contributed by atoms with Crippen LogP contribution in [0.4, 0.5) is 0 Å². The number of aliphatic hydroxyl groups is 2. The number of rotatable bonds is 5. The van der Waals surface area contributed by atoms with E-state index in [0.717, 1.165) is 50.5 Å². The third kappa shape index (κ3) is 4.69. The van der Waals surface area contributed by atoms with Gasteiger partial charge in [-0.25, -0.2) is 4.79 Å². The molecule has 0 radical (unpaired) electrons. The van der Waals surface area contributed by atoms with E-state index in [0.29, 0.717) is 24.7 Å². The van der Waals surface area contributed by atoms with E-state index in [4.69, 9.17) is 23.7 Å². The molecule has 6 rings (SSSR count). The summed E-state index contributed by atoms with van der Waals surface area (Å²) in [6, 6.07) is 0. The molecular formula is C32H48O9. The molecule has 2 heterocycles. The molecule has 2 aliphatic heterocycles. The van der Waals surface area contributed by atoms with Crippen LogP contribution in [0.1, 0.15) is 85.5 Å². The van der Waals surface area contributed by atoms with Gasteiger partial charge in [0.2, 0.25) is 0 Å². The molecular weight excluding hydrogens is 528 g/mol. The van der Waals surface area contributed by atoms with Crippen LogP contribution in [-0.2, 0) is 33.3 Å². The Morgan fingerprint density at radius 3 is 2.54 bits per heavy atom. The lowest BCUT2D eigenvalue weighted by atomic mass is 9.43. The summed E-state index contributed by atoms with van der Waals surface area (Å²) in [5.74, 6) is 0.0175. The molecule has 4 saturated carbocycles. The second-order valence-electron chi connectivity index (χ2n) is 14.3. The van der Waals surface area contributed by atoms with E-state index in [1.54, 1.807) is 13.2 Å². The van der Waals surface area contributed by atoms with Crippen molar-refractivity contribution in [3.8, 4) is 0 Å². The number of carbonyl (C=O) groups is 2. The van der Waals surface area contributed by atoms with Crippen LogP contribution in [0.5, 0.6) is 0 Å². The third-order valence-electron chi connectivity index (χ3n) is 12.5. The van der Waals surface area contributed by atoms with Crippen LogP contribution in [0.15, 0.2) is 11.6 Å². The quantitative estimate of drug-likeness (QED) is 0.373. The molecule has 13 atom stereocenters. The minimum Gasteiger partial charge on any atom is -0.462 e. The number of aliphatic hydroxyl groups excluding tert-OH is 1. The number of hydrogen-bond acceptors (Lipinski definition) is 9. The topological polar surface area (TPSA) is 121 Å². The van der Waals surface area contributed by atoms with Gasteiger partial charge in [-0.1, -0.05) is 13.8 Å². The normalized spacial score (nSPS) is 51.2. The fourth-order valence-corrected chi connectivity index (χ4v) is 10.4. The van der Waals surface area contributed by atoms with Crippen LogP contribution >= 0.6 is 0 Å². The predicted molar refractivity (Wildman–Crippen MR) is 147 cm³/mol. The fraction of sp³-hybridized carbons (Fsp3) is 0.875. The molecule has 230 valence electrons. The van der Waals surface area contributed by atoms with Crippen LogP contribution in [0, 0.1) is 34.5 Å². The Balaban J connectivity index is 1.19. The highest BCUT2D eigenvalue weighted by atomic mass is 16.7. The van der Waals surface area contributed by atoms with Gasteiger partial charge in [0.25, 0.3) is 0 Å². The highest BCUT2D eigenvalue weighted by molar-refractivity contribution is 5.85. The highest BCUT2D eigenvalue weighted by Gasteiger charge is 2.71. The first kappa shape index (κ1) is 29.5. The van der Waals surface area contributed by atoms with Gasteiger partial charge in [-0.3, -0.25) is 4.79 Å². The minimum absolute atomic E-state index is 0.0898. The molecule has 0 aromatic heterocycles. The monoisotopic (exact) mass is 576 g/mol. The van der Waals surface area contributed by atoms with Gasteiger partial charge in [0.05, 0.1) is 23.9 Å². The molecule has 1 unspecified atom stereocenters. The zero-order valence-electron chi connectivity index (χ0n) is 25.2. The van der Waals surface area contributed by atoms with Crippen LogP contribution in [0.3, 0.4) is 0 Å². The third-order valence-corrected chi connectivity index (χ3v) is 12.5. The molecule has 0 spiro atoms. The van der Waals surface area contributed by atoms with Crippen molar-refractivity contribution in [2.75, 3.05) is 13.7 Å². The fourth-order valence-electron chi connectivity index (χ4n) is 10.4. The molecule has 0 aromatic rings. The largest absolute Gasteiger partial charge is 0.462 e. The molecule has 2 N–H and O–H groups in total. The molecule has 9 heteroatoms. The van der Waals surface area contributed by atoms with Crippen LogP contribution in [0.25, 0.3) is 0 Å². The molecule has 9 nitrogen and oxygen atoms in total. The Bertz CT molecular complexity index is 1080. The van der Waals surface area contributed by atoms with E-state index in [-0.39, 0.29) is 60.4 Å². The predicted octanol–water partition coefficient (Wildman–Crippen LogP) is 3.68. The van der Waals surface area contributed by atoms with E-state index in [2.05, 4.69) is 13.8 Å². The standard InChI is InChI=1S/C32H48O9/c1-17-29(35)24(37-5)14-27(39-17)41-21-8-10-30(3)20(13-21)6-7-23-22(30)9-11-31(4)28(19-12-26(34)38-16-19)25(40-18(2)33)15-32(23,31)36/h12,17,20-25,27-29,35-36H,6-11,13-16H2,1-5H3/t17-,20?,21-,22-,23+,24-,25-,27-,28-,29-,30-,31+,32-/m1/s1. The molecule has 5 fully saturated rings. The Hall–Kier alpha value is -1.52. The number of cyclic esters (lactones) is 1. The van der Waals surface area contributed by atoms with E-state index in [1.807, 2.05) is 6.92 Å². The van der Waals surface area contributed by atoms with Crippen molar-refractivity contribution in [3.05, 3.63) is 11.6 Å². The lowest BCUT2D eigenvalue weighted by molar-refractivity contribution is -0.273. The van der Waals surface area contributed by atoms with E-state index < -0.39 is 23.2 Å². The maximum atomic E-state index is 12.7. The van der Waals surface area contributed by atoms with E-state index >= 15 is 0 Å². The molecule has 4 aliphatic carbocycles. The van der Waals surface area contributed by atoms with Crippen LogP contribution in [-0.4, -0.2) is 78.3 Å². The van der Waals surface area contributed by atoms with Gasteiger partial charge in [0.1, 0.15) is 18.8 Å². The van der Waals surface area contributed by atoms with E-state index in [1.165, 1.54) is 6.92 Å². The minimum atomic E-state index is -0.990. The van der Waals surface area contributed by atoms with Gasteiger partial charge in [-0.15, -0.1) is 0 Å². The summed E-state index contributed by atoms with van der Waals surface area (Å²) >= 11 is 0. The molecule has 0 amide bonds. The number of ether oxygens (including phenoxy) is 5. The Labute approximate surface area is 243 Å². The first-order chi connectivity index (χ1) is 19.4. The maximum absolute atomic E-state index is 12.7. The summed E-state index contributed by atoms with van der Waals surface area (Å²) in [5, 5.41) is 23.0. The van der Waals surface area contributed by atoms with Gasteiger partial charge in [-0.2, -0.15) is 0 Å². The first-order valence-electron chi connectivity index (χ1n) is 15.7. The summed E-state index contributed by atoms with van der Waals surface area (Å²) in [5.41, 5.74) is -0.559. The average Bonchev–Trinajstić information content (AvgIpc) is 3.42. The summed E-state index contributed by atoms with van der Waals surface area (Å²) in [6.45, 7) is 8.06. The van der Waals surface area contributed by atoms with Crippen molar-refractivity contribution < 1.29 is 43.5 Å².